The fourth-order valence-electron chi connectivity index (χ4n) is 5.42. The maximum Gasteiger partial charge on any atom is 0.407 e. The van der Waals surface area contributed by atoms with E-state index in [0.717, 1.165) is 38.6 Å². The van der Waals surface area contributed by atoms with Crippen LogP contribution in [0.5, 0.6) is 0 Å². The first-order valence-electron chi connectivity index (χ1n) is 19.3. The lowest BCUT2D eigenvalue weighted by atomic mass is 10.00. The predicted molar refractivity (Wildman–Crippen MR) is 200 cm³/mol. The summed E-state index contributed by atoms with van der Waals surface area (Å²) in [6, 6.07) is 0.244. The van der Waals surface area contributed by atoms with Gasteiger partial charge in [0.2, 0.25) is 0 Å². The molecule has 45 heavy (non-hydrogen) atoms. The van der Waals surface area contributed by atoms with Crippen molar-refractivity contribution in [2.75, 3.05) is 27.2 Å². The molecule has 0 aliphatic carbocycles. The van der Waals surface area contributed by atoms with Gasteiger partial charge in [0.05, 0.1) is 6.61 Å². The molecule has 4 nitrogen and oxygen atoms in total. The third-order valence-corrected chi connectivity index (χ3v) is 8.31. The molecule has 0 heterocycles. The molecule has 0 unspecified atom stereocenters. The molecule has 0 aliphatic heterocycles. The third kappa shape index (κ3) is 36.5. The van der Waals surface area contributed by atoms with Crippen LogP contribution in [0.25, 0.3) is 0 Å². The molecule has 0 spiro atoms. The van der Waals surface area contributed by atoms with Crippen LogP contribution in [-0.2, 0) is 4.74 Å². The lowest BCUT2D eigenvalue weighted by Crippen LogP contribution is -2.35. The van der Waals surface area contributed by atoms with Crippen molar-refractivity contribution >= 4 is 6.09 Å². The van der Waals surface area contributed by atoms with Gasteiger partial charge in [0.1, 0.15) is 0 Å². The molecular weight excluding hydrogens is 552 g/mol. The van der Waals surface area contributed by atoms with Gasteiger partial charge in [0.15, 0.2) is 0 Å². The minimum absolute atomic E-state index is 0.229. The molecule has 0 bridgehead atoms. The van der Waals surface area contributed by atoms with Crippen LogP contribution < -0.4 is 5.32 Å². The molecule has 0 rings (SSSR count). The minimum atomic E-state index is -0.229. The van der Waals surface area contributed by atoms with Crippen LogP contribution >= 0.6 is 0 Å². The van der Waals surface area contributed by atoms with Gasteiger partial charge in [-0.3, -0.25) is 0 Å². The molecule has 0 saturated heterocycles. The number of rotatable bonds is 33. The van der Waals surface area contributed by atoms with Crippen LogP contribution in [0.15, 0.2) is 48.6 Å². The average Bonchev–Trinajstić information content (AvgIpc) is 3.02. The first-order valence-corrected chi connectivity index (χ1v) is 19.3. The highest BCUT2D eigenvalue weighted by atomic mass is 16.5. The first-order chi connectivity index (χ1) is 22.1. The Balaban J connectivity index is 4.07. The molecule has 4 heteroatoms. The number of unbranched alkanes of at least 4 members (excludes halogenated alkanes) is 16. The van der Waals surface area contributed by atoms with Crippen molar-refractivity contribution in [2.24, 2.45) is 0 Å². The number of allylic oxidation sites excluding steroid dienone is 8. The normalized spacial score (nSPS) is 12.9. The topological polar surface area (TPSA) is 41.6 Å². The van der Waals surface area contributed by atoms with Crippen molar-refractivity contribution in [1.29, 1.82) is 0 Å². The van der Waals surface area contributed by atoms with E-state index in [1.54, 1.807) is 0 Å². The maximum absolute atomic E-state index is 12.5. The number of nitrogens with zero attached hydrogens (tertiary/aromatic N) is 1. The molecule has 1 N–H and O–H groups in total. The van der Waals surface area contributed by atoms with Gasteiger partial charge in [0.25, 0.3) is 0 Å². The van der Waals surface area contributed by atoms with Crippen molar-refractivity contribution < 1.29 is 9.53 Å². The number of ether oxygens (including phenoxy) is 1. The molecular formula is C41H76N2O2. The van der Waals surface area contributed by atoms with Crippen LogP contribution in [-0.4, -0.2) is 44.3 Å². The van der Waals surface area contributed by atoms with E-state index < -0.39 is 0 Å². The summed E-state index contributed by atoms with van der Waals surface area (Å²) in [5.74, 6) is 0. The number of carbonyl (C=O) groups is 1. The largest absolute Gasteiger partial charge is 0.450 e. The van der Waals surface area contributed by atoms with E-state index in [-0.39, 0.29) is 12.1 Å². The summed E-state index contributed by atoms with van der Waals surface area (Å²) >= 11 is 0. The lowest BCUT2D eigenvalue weighted by molar-refractivity contribution is 0.136. The Morgan fingerprint density at radius 2 is 0.956 bits per heavy atom. The Bertz CT molecular complexity index is 679. The number of hydrogen-bond acceptors (Lipinski definition) is 3. The van der Waals surface area contributed by atoms with E-state index >= 15 is 0 Å². The Labute approximate surface area is 281 Å². The van der Waals surface area contributed by atoms with Crippen LogP contribution in [0, 0.1) is 0 Å². The van der Waals surface area contributed by atoms with Crippen LogP contribution in [0.2, 0.25) is 0 Å². The zero-order chi connectivity index (χ0) is 32.9. The lowest BCUT2D eigenvalue weighted by Gasteiger charge is -2.19. The van der Waals surface area contributed by atoms with E-state index in [1.165, 1.54) is 128 Å². The summed E-state index contributed by atoms with van der Waals surface area (Å²) in [5, 5.41) is 3.20. The van der Waals surface area contributed by atoms with E-state index in [9.17, 15) is 4.79 Å². The number of alkyl carbamates (subject to hydrolysis) is 1. The second-order valence-corrected chi connectivity index (χ2v) is 13.2. The summed E-state index contributed by atoms with van der Waals surface area (Å²) < 4.78 is 5.49. The highest BCUT2D eigenvalue weighted by Gasteiger charge is 2.13. The second kappa shape index (κ2) is 36.7. The predicted octanol–water partition coefficient (Wildman–Crippen LogP) is 12.7. The molecule has 262 valence electrons. The molecule has 0 atom stereocenters. The summed E-state index contributed by atoms with van der Waals surface area (Å²) in [4.78, 5) is 14.6. The van der Waals surface area contributed by atoms with Gasteiger partial charge in [-0.2, -0.15) is 0 Å². The van der Waals surface area contributed by atoms with Crippen molar-refractivity contribution in [3.8, 4) is 0 Å². The Morgan fingerprint density at radius 1 is 0.556 bits per heavy atom. The van der Waals surface area contributed by atoms with Gasteiger partial charge in [-0.05, 0) is 84.7 Å². The Kier molecular flexibility index (Phi) is 35.2. The van der Waals surface area contributed by atoms with Crippen molar-refractivity contribution in [2.45, 2.75) is 180 Å². The van der Waals surface area contributed by atoms with Crippen molar-refractivity contribution in [1.82, 2.24) is 10.2 Å². The summed E-state index contributed by atoms with van der Waals surface area (Å²) in [6.45, 7) is 5.92. The molecule has 0 aromatic heterocycles. The number of carbonyl (C=O) groups excluding carboxylic acids is 1. The smallest absolute Gasteiger partial charge is 0.407 e. The molecule has 0 fully saturated rings. The average molecular weight is 629 g/mol. The minimum Gasteiger partial charge on any atom is -0.450 e. The second-order valence-electron chi connectivity index (χ2n) is 13.2. The fraction of sp³-hybridized carbons (Fsp3) is 0.780. The zero-order valence-electron chi connectivity index (χ0n) is 30.6. The summed E-state index contributed by atoms with van der Waals surface area (Å²) in [6.07, 6.45) is 49.0. The quantitative estimate of drug-likeness (QED) is 0.0580. The van der Waals surface area contributed by atoms with Crippen molar-refractivity contribution in [3.63, 3.8) is 0 Å². The fourth-order valence-corrected chi connectivity index (χ4v) is 5.42. The SMILES string of the molecule is CCCCC=CCC=CCCCCCCCCC(CCCCCCCCC=CCC=CCCCC)NC(=O)OCCCN(C)C. The Morgan fingerprint density at radius 3 is 1.38 bits per heavy atom. The molecule has 0 aromatic carbocycles. The first kappa shape index (κ1) is 43.2. The van der Waals surface area contributed by atoms with Gasteiger partial charge >= 0.3 is 6.09 Å². The van der Waals surface area contributed by atoms with E-state index in [1.807, 2.05) is 0 Å². The van der Waals surface area contributed by atoms with Gasteiger partial charge in [-0.1, -0.05) is 152 Å². The maximum atomic E-state index is 12.5. The highest BCUT2D eigenvalue weighted by Crippen LogP contribution is 2.16. The van der Waals surface area contributed by atoms with Crippen molar-refractivity contribution in [3.05, 3.63) is 48.6 Å². The molecule has 0 aliphatic rings. The van der Waals surface area contributed by atoms with Gasteiger partial charge in [-0.15, -0.1) is 0 Å². The van der Waals surface area contributed by atoms with E-state index in [4.69, 9.17) is 4.74 Å². The van der Waals surface area contributed by atoms with Crippen LogP contribution in [0.4, 0.5) is 4.79 Å². The van der Waals surface area contributed by atoms with Crippen LogP contribution in [0.1, 0.15) is 174 Å². The van der Waals surface area contributed by atoms with E-state index in [0.29, 0.717) is 6.61 Å². The number of hydrogen-bond donors (Lipinski definition) is 1. The Hall–Kier alpha value is -1.81. The third-order valence-electron chi connectivity index (χ3n) is 8.31. The molecule has 0 aromatic rings. The van der Waals surface area contributed by atoms with Gasteiger partial charge in [0, 0.05) is 12.6 Å². The van der Waals surface area contributed by atoms with Crippen LogP contribution in [0.3, 0.4) is 0 Å². The summed E-state index contributed by atoms with van der Waals surface area (Å²) in [7, 11) is 4.10. The highest BCUT2D eigenvalue weighted by molar-refractivity contribution is 5.67. The van der Waals surface area contributed by atoms with E-state index in [2.05, 4.69) is 86.8 Å². The molecule has 0 radical (unpaired) electrons. The van der Waals surface area contributed by atoms with Gasteiger partial charge < -0.3 is 15.0 Å². The zero-order valence-corrected chi connectivity index (χ0v) is 30.6. The number of amides is 1. The molecule has 1 amide bonds. The van der Waals surface area contributed by atoms with Gasteiger partial charge in [-0.25, -0.2) is 4.79 Å². The standard InChI is InChI=1S/C41H76N2O2/c1-5-7-9-11-13-15-17-19-21-23-25-27-29-31-33-36-40(42-41(44)45-39-35-38-43(3)4)37-34-32-30-28-26-24-22-20-18-16-14-12-10-8-6-2/h11-14,17-20,40H,5-10,15-16,21-39H2,1-4H3,(H,42,44). The summed E-state index contributed by atoms with van der Waals surface area (Å²) in [5.41, 5.74) is 0. The number of nitrogens with one attached hydrogen (secondary N) is 1. The monoisotopic (exact) mass is 629 g/mol. The molecule has 0 saturated carbocycles.